The molecular formula is C16H23Br. The Hall–Kier alpha value is -0.300. The summed E-state index contributed by atoms with van der Waals surface area (Å²) in [7, 11) is 0. The van der Waals surface area contributed by atoms with Crippen molar-refractivity contribution in [1.29, 1.82) is 0 Å². The molecule has 1 aromatic carbocycles. The van der Waals surface area contributed by atoms with Crippen molar-refractivity contribution in [2.75, 3.05) is 0 Å². The van der Waals surface area contributed by atoms with Gasteiger partial charge in [0.15, 0.2) is 0 Å². The Morgan fingerprint density at radius 1 is 1.35 bits per heavy atom. The fraction of sp³-hybridized carbons (Fsp3) is 0.625. The molecule has 0 saturated heterocycles. The fourth-order valence-corrected chi connectivity index (χ4v) is 4.54. The molecule has 2 unspecified atom stereocenters. The minimum Gasteiger partial charge on any atom is -0.0884 e. The molecule has 0 aromatic heterocycles. The molecule has 1 saturated carbocycles. The summed E-state index contributed by atoms with van der Waals surface area (Å²) in [5.74, 6) is 0.821. The molecule has 94 valence electrons. The second kappa shape index (κ2) is 5.14. The number of benzene rings is 1. The zero-order valence-corrected chi connectivity index (χ0v) is 12.8. The van der Waals surface area contributed by atoms with Crippen molar-refractivity contribution in [1.82, 2.24) is 0 Å². The minimum atomic E-state index is 0.511. The van der Waals surface area contributed by atoms with Crippen LogP contribution in [0.15, 0.2) is 24.3 Å². The van der Waals surface area contributed by atoms with E-state index in [1.165, 1.54) is 36.8 Å². The lowest BCUT2D eigenvalue weighted by atomic mass is 9.78. The van der Waals surface area contributed by atoms with Crippen LogP contribution in [0.25, 0.3) is 0 Å². The molecule has 0 amide bonds. The Labute approximate surface area is 114 Å². The molecule has 0 N–H and O–H groups in total. The van der Waals surface area contributed by atoms with Gasteiger partial charge in [-0.1, -0.05) is 60.5 Å². The van der Waals surface area contributed by atoms with E-state index in [1.807, 2.05) is 0 Å². The average Bonchev–Trinajstić information content (AvgIpc) is 2.61. The molecular weight excluding hydrogens is 272 g/mol. The van der Waals surface area contributed by atoms with Crippen LogP contribution in [0, 0.1) is 18.3 Å². The Morgan fingerprint density at radius 3 is 2.65 bits per heavy atom. The van der Waals surface area contributed by atoms with Gasteiger partial charge in [-0.2, -0.15) is 0 Å². The molecule has 0 bridgehead atoms. The van der Waals surface area contributed by atoms with Gasteiger partial charge in [-0.05, 0) is 48.6 Å². The number of alkyl halides is 1. The normalized spacial score (nSPS) is 24.8. The number of halogens is 1. The van der Waals surface area contributed by atoms with Crippen LogP contribution in [0.2, 0.25) is 0 Å². The lowest BCUT2D eigenvalue weighted by Gasteiger charge is -2.31. The summed E-state index contributed by atoms with van der Waals surface area (Å²) >= 11 is 3.95. The molecule has 0 heterocycles. The van der Waals surface area contributed by atoms with E-state index in [1.54, 1.807) is 0 Å². The summed E-state index contributed by atoms with van der Waals surface area (Å²) in [6.07, 6.45) is 5.33. The van der Waals surface area contributed by atoms with Crippen molar-refractivity contribution in [3.63, 3.8) is 0 Å². The Balaban J connectivity index is 2.07. The second-order valence-corrected chi connectivity index (χ2v) is 7.31. The highest BCUT2D eigenvalue weighted by Gasteiger charge is 2.38. The quantitative estimate of drug-likeness (QED) is 0.678. The largest absolute Gasteiger partial charge is 0.0884 e. The first-order valence-electron chi connectivity index (χ1n) is 6.69. The Kier molecular flexibility index (Phi) is 3.97. The number of hydrogen-bond acceptors (Lipinski definition) is 0. The summed E-state index contributed by atoms with van der Waals surface area (Å²) in [5, 5.41) is 0. The van der Waals surface area contributed by atoms with Crippen LogP contribution in [0.4, 0.5) is 0 Å². The molecule has 1 heteroatoms. The molecule has 0 nitrogen and oxygen atoms in total. The molecule has 0 aliphatic heterocycles. The summed E-state index contributed by atoms with van der Waals surface area (Å²) in [6.45, 7) is 7.07. The van der Waals surface area contributed by atoms with Gasteiger partial charge in [0.1, 0.15) is 0 Å². The summed E-state index contributed by atoms with van der Waals surface area (Å²) in [6, 6.07) is 8.77. The standard InChI is InChI=1S/C16H23Br/c1-12-7-4-5-8-13(12)11-15(17)14-9-6-10-16(14,2)3/h4-5,7-8,14-15H,6,9-11H2,1-3H3. The van der Waals surface area contributed by atoms with E-state index >= 15 is 0 Å². The third kappa shape index (κ3) is 2.93. The first kappa shape index (κ1) is 13.1. The summed E-state index contributed by atoms with van der Waals surface area (Å²) in [4.78, 5) is 0.626. The van der Waals surface area contributed by atoms with Crippen molar-refractivity contribution >= 4 is 15.9 Å². The first-order chi connectivity index (χ1) is 8.00. The van der Waals surface area contributed by atoms with E-state index in [9.17, 15) is 0 Å². The second-order valence-electron chi connectivity index (χ2n) is 6.13. The molecule has 1 fully saturated rings. The molecule has 1 aromatic rings. The highest BCUT2D eigenvalue weighted by atomic mass is 79.9. The van der Waals surface area contributed by atoms with Crippen LogP contribution in [0.1, 0.15) is 44.2 Å². The molecule has 2 rings (SSSR count). The summed E-state index contributed by atoms with van der Waals surface area (Å²) in [5.41, 5.74) is 3.43. The van der Waals surface area contributed by atoms with Crippen molar-refractivity contribution in [3.05, 3.63) is 35.4 Å². The third-order valence-corrected chi connectivity index (χ3v) is 5.41. The smallest absolute Gasteiger partial charge is 0.0219 e. The molecule has 1 aliphatic rings. The van der Waals surface area contributed by atoms with E-state index in [4.69, 9.17) is 0 Å². The van der Waals surface area contributed by atoms with E-state index < -0.39 is 0 Å². The molecule has 2 atom stereocenters. The van der Waals surface area contributed by atoms with Gasteiger partial charge in [0.05, 0.1) is 0 Å². The topological polar surface area (TPSA) is 0 Å². The van der Waals surface area contributed by atoms with Crippen LogP contribution < -0.4 is 0 Å². The lowest BCUT2D eigenvalue weighted by molar-refractivity contribution is 0.255. The maximum Gasteiger partial charge on any atom is 0.0219 e. The van der Waals surface area contributed by atoms with Gasteiger partial charge >= 0.3 is 0 Å². The van der Waals surface area contributed by atoms with Gasteiger partial charge in [0.25, 0.3) is 0 Å². The average molecular weight is 295 g/mol. The molecule has 0 spiro atoms. The van der Waals surface area contributed by atoms with Crippen LogP contribution in [0.5, 0.6) is 0 Å². The van der Waals surface area contributed by atoms with Crippen molar-refractivity contribution < 1.29 is 0 Å². The predicted molar refractivity (Wildman–Crippen MR) is 78.7 cm³/mol. The van der Waals surface area contributed by atoms with Gasteiger partial charge in [0, 0.05) is 4.83 Å². The van der Waals surface area contributed by atoms with Crippen LogP contribution >= 0.6 is 15.9 Å². The third-order valence-electron chi connectivity index (χ3n) is 4.45. The van der Waals surface area contributed by atoms with Crippen LogP contribution in [-0.2, 0) is 6.42 Å². The Bertz CT molecular complexity index is 381. The number of rotatable bonds is 3. The van der Waals surface area contributed by atoms with Crippen molar-refractivity contribution in [2.24, 2.45) is 11.3 Å². The van der Waals surface area contributed by atoms with Gasteiger partial charge in [-0.25, -0.2) is 0 Å². The van der Waals surface area contributed by atoms with Gasteiger partial charge < -0.3 is 0 Å². The number of hydrogen-bond donors (Lipinski definition) is 0. The van der Waals surface area contributed by atoms with Crippen LogP contribution in [0.3, 0.4) is 0 Å². The van der Waals surface area contributed by atoms with Gasteiger partial charge in [0.2, 0.25) is 0 Å². The summed E-state index contributed by atoms with van der Waals surface area (Å²) < 4.78 is 0. The monoisotopic (exact) mass is 294 g/mol. The lowest BCUT2D eigenvalue weighted by Crippen LogP contribution is -2.27. The predicted octanol–water partition coefficient (Wildman–Crippen LogP) is 5.13. The fourth-order valence-electron chi connectivity index (χ4n) is 3.22. The highest BCUT2D eigenvalue weighted by molar-refractivity contribution is 9.09. The van der Waals surface area contributed by atoms with E-state index in [-0.39, 0.29) is 0 Å². The van der Waals surface area contributed by atoms with Crippen molar-refractivity contribution in [2.45, 2.75) is 51.3 Å². The minimum absolute atomic E-state index is 0.511. The van der Waals surface area contributed by atoms with E-state index in [2.05, 4.69) is 61.0 Å². The van der Waals surface area contributed by atoms with Gasteiger partial charge in [-0.15, -0.1) is 0 Å². The van der Waals surface area contributed by atoms with E-state index in [0.717, 1.165) is 5.92 Å². The molecule has 17 heavy (non-hydrogen) atoms. The van der Waals surface area contributed by atoms with Gasteiger partial charge in [-0.3, -0.25) is 0 Å². The maximum atomic E-state index is 3.95. The zero-order chi connectivity index (χ0) is 12.5. The first-order valence-corrected chi connectivity index (χ1v) is 7.61. The zero-order valence-electron chi connectivity index (χ0n) is 11.2. The van der Waals surface area contributed by atoms with Crippen molar-refractivity contribution in [3.8, 4) is 0 Å². The maximum absolute atomic E-state index is 3.95. The SMILES string of the molecule is Cc1ccccc1CC(Br)C1CCCC1(C)C. The van der Waals surface area contributed by atoms with Crippen LogP contribution in [-0.4, -0.2) is 4.83 Å². The Morgan fingerprint density at radius 2 is 2.06 bits per heavy atom. The molecule has 1 aliphatic carbocycles. The molecule has 0 radical (unpaired) electrons. The van der Waals surface area contributed by atoms with E-state index in [0.29, 0.717) is 10.2 Å². The number of aryl methyl sites for hydroxylation is 1. The highest BCUT2D eigenvalue weighted by Crippen LogP contribution is 2.47.